The van der Waals surface area contributed by atoms with E-state index in [0.717, 1.165) is 39.6 Å². The number of carboxylic acid groups (broad SMARTS) is 1. The number of nitrogens with zero attached hydrogens (tertiary/aromatic N) is 1. The molecule has 6 nitrogen and oxygen atoms in total. The summed E-state index contributed by atoms with van der Waals surface area (Å²) >= 11 is 0. The molecule has 1 aliphatic heterocycles. The predicted octanol–water partition coefficient (Wildman–Crippen LogP) is 5.00. The van der Waals surface area contributed by atoms with Crippen molar-refractivity contribution in [1.82, 2.24) is 0 Å². The monoisotopic (exact) mass is 445 g/mol. The molecule has 6 heteroatoms. The maximum absolute atomic E-state index is 11.2. The van der Waals surface area contributed by atoms with Gasteiger partial charge in [-0.15, -0.1) is 0 Å². The minimum atomic E-state index is -0.970. The van der Waals surface area contributed by atoms with Crippen molar-refractivity contribution in [3.05, 3.63) is 89.5 Å². The number of aliphatic carboxylic acids is 1. The minimum absolute atomic E-state index is 0.308. The van der Waals surface area contributed by atoms with E-state index in [1.165, 1.54) is 7.11 Å². The molecule has 0 radical (unpaired) electrons. The Kier molecular flexibility index (Phi) is 6.95. The maximum atomic E-state index is 11.2. The van der Waals surface area contributed by atoms with Crippen molar-refractivity contribution in [2.24, 2.45) is 0 Å². The number of fused-ring (bicyclic) bond motifs is 2. The largest absolute Gasteiger partial charge is 0.496 e. The molecule has 1 N–H and O–H groups in total. The molecular formula is C27H27NO5. The standard InChI is InChI=1S/C27H27NO5/c1-31-25-18-20-7-3-5-9-23(20)28(24-10-6-4-8-22(24)25)15-16-33-21-13-11-19(12-14-21)17-26(32-2)27(29)30/h3-14,18,26H,15-17H2,1-2H3,(H,29,30). The highest BCUT2D eigenvalue weighted by Gasteiger charge is 2.22. The van der Waals surface area contributed by atoms with Crippen LogP contribution >= 0.6 is 0 Å². The number of rotatable bonds is 9. The lowest BCUT2D eigenvalue weighted by atomic mass is 10.1. The molecule has 0 aromatic heterocycles. The van der Waals surface area contributed by atoms with Crippen LogP contribution < -0.4 is 9.64 Å². The SMILES string of the molecule is COC1=Cc2ccccc2N(CCOc2ccc(CC(OC)C(=O)O)cc2)c2ccccc21. The first-order valence-corrected chi connectivity index (χ1v) is 10.8. The highest BCUT2D eigenvalue weighted by Crippen LogP contribution is 2.39. The number of anilines is 2. The summed E-state index contributed by atoms with van der Waals surface area (Å²) in [5.41, 5.74) is 5.15. The van der Waals surface area contributed by atoms with Crippen molar-refractivity contribution < 1.29 is 24.1 Å². The number of para-hydroxylation sites is 2. The molecule has 3 aromatic rings. The summed E-state index contributed by atoms with van der Waals surface area (Å²) in [6, 6.07) is 23.9. The first-order valence-electron chi connectivity index (χ1n) is 10.8. The average Bonchev–Trinajstić information content (AvgIpc) is 2.98. The molecule has 4 rings (SSSR count). The zero-order valence-corrected chi connectivity index (χ0v) is 18.7. The van der Waals surface area contributed by atoms with E-state index < -0.39 is 12.1 Å². The fourth-order valence-electron chi connectivity index (χ4n) is 3.99. The fraction of sp³-hybridized carbons (Fsp3) is 0.222. The lowest BCUT2D eigenvalue weighted by Crippen LogP contribution is -2.25. The van der Waals surface area contributed by atoms with E-state index in [9.17, 15) is 4.79 Å². The molecule has 0 bridgehead atoms. The summed E-state index contributed by atoms with van der Waals surface area (Å²) in [6.07, 6.45) is 1.52. The Labute approximate surface area is 193 Å². The Morgan fingerprint density at radius 1 is 0.939 bits per heavy atom. The van der Waals surface area contributed by atoms with Gasteiger partial charge in [-0.05, 0) is 42.0 Å². The number of carboxylic acids is 1. The van der Waals surface area contributed by atoms with E-state index >= 15 is 0 Å². The van der Waals surface area contributed by atoms with Crippen LogP contribution in [0.15, 0.2) is 72.8 Å². The summed E-state index contributed by atoms with van der Waals surface area (Å²) in [6.45, 7) is 1.12. The second-order valence-electron chi connectivity index (χ2n) is 7.70. The van der Waals surface area contributed by atoms with Gasteiger partial charge in [0.25, 0.3) is 0 Å². The molecule has 1 unspecified atom stereocenters. The molecule has 33 heavy (non-hydrogen) atoms. The third-order valence-corrected chi connectivity index (χ3v) is 5.68. The number of carbonyl (C=O) groups is 1. The topological polar surface area (TPSA) is 68.2 Å². The van der Waals surface area contributed by atoms with Crippen LogP contribution in [-0.2, 0) is 20.7 Å². The van der Waals surface area contributed by atoms with Crippen LogP contribution in [0.5, 0.6) is 5.75 Å². The summed E-state index contributed by atoms with van der Waals surface area (Å²) < 4.78 is 16.7. The Hall–Kier alpha value is -3.77. The molecule has 0 amide bonds. The molecule has 1 atom stereocenters. The van der Waals surface area contributed by atoms with Crippen molar-refractivity contribution in [2.75, 3.05) is 32.3 Å². The van der Waals surface area contributed by atoms with Crippen LogP contribution in [0.25, 0.3) is 11.8 Å². The molecular weight excluding hydrogens is 418 g/mol. The Morgan fingerprint density at radius 2 is 1.64 bits per heavy atom. The molecule has 3 aromatic carbocycles. The van der Waals surface area contributed by atoms with Crippen LogP contribution in [0.3, 0.4) is 0 Å². The van der Waals surface area contributed by atoms with Gasteiger partial charge in [0.15, 0.2) is 6.10 Å². The molecule has 0 aliphatic carbocycles. The predicted molar refractivity (Wildman–Crippen MR) is 129 cm³/mol. The Bertz CT molecular complexity index is 1140. The zero-order chi connectivity index (χ0) is 23.2. The van der Waals surface area contributed by atoms with Gasteiger partial charge in [-0.3, -0.25) is 0 Å². The molecule has 1 heterocycles. The van der Waals surface area contributed by atoms with Crippen molar-refractivity contribution in [3.8, 4) is 5.75 Å². The molecule has 1 aliphatic rings. The van der Waals surface area contributed by atoms with E-state index in [1.807, 2.05) is 48.5 Å². The summed E-state index contributed by atoms with van der Waals surface area (Å²) in [5, 5.41) is 9.15. The van der Waals surface area contributed by atoms with Crippen LogP contribution in [0.1, 0.15) is 16.7 Å². The smallest absolute Gasteiger partial charge is 0.333 e. The van der Waals surface area contributed by atoms with E-state index in [-0.39, 0.29) is 0 Å². The fourth-order valence-corrected chi connectivity index (χ4v) is 3.99. The molecule has 0 saturated heterocycles. The number of benzene rings is 3. The van der Waals surface area contributed by atoms with Crippen LogP contribution in [0, 0.1) is 0 Å². The van der Waals surface area contributed by atoms with Gasteiger partial charge in [-0.25, -0.2) is 4.79 Å². The van der Waals surface area contributed by atoms with Gasteiger partial charge >= 0.3 is 5.97 Å². The van der Waals surface area contributed by atoms with Gasteiger partial charge in [-0.1, -0.05) is 42.5 Å². The Balaban J connectivity index is 1.49. The minimum Gasteiger partial charge on any atom is -0.496 e. The van der Waals surface area contributed by atoms with Gasteiger partial charge in [0.2, 0.25) is 0 Å². The van der Waals surface area contributed by atoms with Crippen LogP contribution in [0.4, 0.5) is 11.4 Å². The summed E-state index contributed by atoms with van der Waals surface area (Å²) in [4.78, 5) is 13.4. The Morgan fingerprint density at radius 3 is 2.33 bits per heavy atom. The van der Waals surface area contributed by atoms with Gasteiger partial charge in [-0.2, -0.15) is 0 Å². The molecule has 170 valence electrons. The lowest BCUT2D eigenvalue weighted by molar-refractivity contribution is -0.148. The first-order chi connectivity index (χ1) is 16.1. The highest BCUT2D eigenvalue weighted by molar-refractivity contribution is 5.92. The lowest BCUT2D eigenvalue weighted by Gasteiger charge is -2.27. The van der Waals surface area contributed by atoms with Gasteiger partial charge in [0.1, 0.15) is 18.1 Å². The van der Waals surface area contributed by atoms with Gasteiger partial charge in [0, 0.05) is 30.3 Å². The van der Waals surface area contributed by atoms with E-state index in [0.29, 0.717) is 19.6 Å². The van der Waals surface area contributed by atoms with Crippen molar-refractivity contribution in [1.29, 1.82) is 0 Å². The summed E-state index contributed by atoms with van der Waals surface area (Å²) in [7, 11) is 3.10. The maximum Gasteiger partial charge on any atom is 0.333 e. The quantitative estimate of drug-likeness (QED) is 0.500. The number of hydrogen-bond acceptors (Lipinski definition) is 5. The zero-order valence-electron chi connectivity index (χ0n) is 18.7. The average molecular weight is 446 g/mol. The van der Waals surface area contributed by atoms with Gasteiger partial charge < -0.3 is 24.2 Å². The number of hydrogen-bond donors (Lipinski definition) is 1. The van der Waals surface area contributed by atoms with E-state index in [2.05, 4.69) is 35.2 Å². The summed E-state index contributed by atoms with van der Waals surface area (Å²) in [5.74, 6) is 0.588. The molecule has 0 fully saturated rings. The van der Waals surface area contributed by atoms with Crippen LogP contribution in [0.2, 0.25) is 0 Å². The van der Waals surface area contributed by atoms with Crippen molar-refractivity contribution in [2.45, 2.75) is 12.5 Å². The van der Waals surface area contributed by atoms with Crippen molar-refractivity contribution >= 4 is 29.2 Å². The van der Waals surface area contributed by atoms with E-state index in [1.54, 1.807) is 7.11 Å². The second kappa shape index (κ2) is 10.2. The third-order valence-electron chi connectivity index (χ3n) is 5.68. The second-order valence-corrected chi connectivity index (χ2v) is 7.70. The molecule has 0 spiro atoms. The van der Waals surface area contributed by atoms with Crippen LogP contribution in [-0.4, -0.2) is 44.6 Å². The van der Waals surface area contributed by atoms with Crippen molar-refractivity contribution in [3.63, 3.8) is 0 Å². The first kappa shape index (κ1) is 22.4. The van der Waals surface area contributed by atoms with E-state index in [4.69, 9.17) is 19.3 Å². The van der Waals surface area contributed by atoms with Gasteiger partial charge in [0.05, 0.1) is 19.3 Å². The number of ether oxygens (including phenoxy) is 3. The highest BCUT2D eigenvalue weighted by atomic mass is 16.5. The molecule has 0 saturated carbocycles. The third kappa shape index (κ3) is 5.02. The normalized spacial score (nSPS) is 13.3. The number of methoxy groups -OCH3 is 2.